The molecule has 0 amide bonds. The minimum Gasteiger partial charge on any atom is -0.458 e. The lowest BCUT2D eigenvalue weighted by atomic mass is 10.2. The van der Waals surface area contributed by atoms with Crippen LogP contribution in [0.3, 0.4) is 0 Å². The van der Waals surface area contributed by atoms with Gasteiger partial charge in [-0.05, 0) is 37.1 Å². The molecule has 0 aliphatic carbocycles. The zero-order chi connectivity index (χ0) is 16.4. The quantitative estimate of drug-likeness (QED) is 0.453. The molecule has 0 saturated carbocycles. The molecule has 120 valence electrons. The molecule has 0 fully saturated rings. The van der Waals surface area contributed by atoms with Crippen molar-refractivity contribution in [1.29, 1.82) is 0 Å². The average Bonchev–Trinajstić information content (AvgIpc) is 2.52. The van der Waals surface area contributed by atoms with Crippen LogP contribution in [0.4, 0.5) is 0 Å². The van der Waals surface area contributed by atoms with Gasteiger partial charge in [0.2, 0.25) is 10.0 Å². The van der Waals surface area contributed by atoms with E-state index in [-0.39, 0.29) is 11.5 Å². The first kappa shape index (κ1) is 18.1. The Morgan fingerprint density at radius 3 is 2.55 bits per heavy atom. The van der Waals surface area contributed by atoms with Crippen molar-refractivity contribution in [2.45, 2.75) is 25.2 Å². The Bertz CT molecular complexity index is 631. The number of hydrogen-bond acceptors (Lipinski definition) is 4. The Kier molecular flexibility index (Phi) is 7.56. The average molecular weight is 323 g/mol. The van der Waals surface area contributed by atoms with Gasteiger partial charge >= 0.3 is 5.97 Å². The van der Waals surface area contributed by atoms with Crippen molar-refractivity contribution < 1.29 is 17.9 Å². The summed E-state index contributed by atoms with van der Waals surface area (Å²) in [5.74, 6) is -0.445. The second kappa shape index (κ2) is 9.17. The fourth-order valence-electron chi connectivity index (χ4n) is 1.52. The molecule has 1 N–H and O–H groups in total. The topological polar surface area (TPSA) is 72.5 Å². The minimum absolute atomic E-state index is 0.203. The first-order chi connectivity index (χ1) is 10.5. The van der Waals surface area contributed by atoms with Gasteiger partial charge in [-0.25, -0.2) is 17.9 Å². The summed E-state index contributed by atoms with van der Waals surface area (Å²) < 4.78 is 31.2. The highest BCUT2D eigenvalue weighted by molar-refractivity contribution is 7.89. The third-order valence-electron chi connectivity index (χ3n) is 2.70. The molecule has 1 rings (SSSR count). The second-order valence-electron chi connectivity index (χ2n) is 4.50. The molecule has 0 aromatic heterocycles. The van der Waals surface area contributed by atoms with Crippen LogP contribution in [0.15, 0.2) is 47.4 Å². The molecular formula is C16H21NO4S. The number of ether oxygens (including phenoxy) is 1. The van der Waals surface area contributed by atoms with Crippen LogP contribution < -0.4 is 4.72 Å². The van der Waals surface area contributed by atoms with Gasteiger partial charge < -0.3 is 4.74 Å². The Hall–Kier alpha value is -1.92. The molecule has 22 heavy (non-hydrogen) atoms. The summed E-state index contributed by atoms with van der Waals surface area (Å²) in [4.78, 5) is 11.6. The lowest BCUT2D eigenvalue weighted by Crippen LogP contribution is -2.24. The monoisotopic (exact) mass is 323 g/mol. The molecule has 1 aromatic carbocycles. The van der Waals surface area contributed by atoms with Crippen molar-refractivity contribution in [2.24, 2.45) is 0 Å². The number of esters is 1. The summed E-state index contributed by atoms with van der Waals surface area (Å²) in [6, 6.07) is 6.28. The smallest absolute Gasteiger partial charge is 0.331 e. The van der Waals surface area contributed by atoms with Crippen molar-refractivity contribution in [3.05, 3.63) is 48.1 Å². The fourth-order valence-corrected chi connectivity index (χ4v) is 2.65. The van der Waals surface area contributed by atoms with Gasteiger partial charge in [-0.2, -0.15) is 0 Å². The maximum atomic E-state index is 11.9. The Morgan fingerprint density at radius 1 is 1.27 bits per heavy atom. The van der Waals surface area contributed by atoms with E-state index in [1.807, 2.05) is 13.8 Å². The minimum atomic E-state index is -3.46. The molecule has 0 saturated heterocycles. The van der Waals surface area contributed by atoms with E-state index in [9.17, 15) is 13.2 Å². The van der Waals surface area contributed by atoms with Crippen molar-refractivity contribution in [2.75, 3.05) is 13.2 Å². The highest BCUT2D eigenvalue weighted by Gasteiger charge is 2.11. The SMILES string of the molecule is C/C=C/COC(=O)/C=C/c1ccc(S(=O)(=O)NCCC)cc1. The molecule has 6 heteroatoms. The highest BCUT2D eigenvalue weighted by atomic mass is 32.2. The third-order valence-corrected chi connectivity index (χ3v) is 4.18. The van der Waals surface area contributed by atoms with Crippen LogP contribution in [-0.4, -0.2) is 27.5 Å². The predicted octanol–water partition coefficient (Wildman–Crippen LogP) is 2.51. The number of rotatable bonds is 8. The van der Waals surface area contributed by atoms with E-state index in [1.54, 1.807) is 30.4 Å². The summed E-state index contributed by atoms with van der Waals surface area (Å²) in [5, 5.41) is 0. The van der Waals surface area contributed by atoms with Gasteiger partial charge in [-0.15, -0.1) is 0 Å². The number of sulfonamides is 1. The van der Waals surface area contributed by atoms with Crippen LogP contribution in [-0.2, 0) is 19.6 Å². The number of nitrogens with one attached hydrogen (secondary N) is 1. The second-order valence-corrected chi connectivity index (χ2v) is 6.27. The van der Waals surface area contributed by atoms with Gasteiger partial charge in [0, 0.05) is 12.6 Å². The lowest BCUT2D eigenvalue weighted by Gasteiger charge is -2.05. The van der Waals surface area contributed by atoms with Crippen molar-refractivity contribution in [3.8, 4) is 0 Å². The van der Waals surface area contributed by atoms with Crippen LogP contribution in [0.5, 0.6) is 0 Å². The van der Waals surface area contributed by atoms with Gasteiger partial charge in [0.15, 0.2) is 0 Å². The number of hydrogen-bond donors (Lipinski definition) is 1. The van der Waals surface area contributed by atoms with Crippen LogP contribution in [0.2, 0.25) is 0 Å². The van der Waals surface area contributed by atoms with Crippen molar-refractivity contribution >= 4 is 22.1 Å². The molecule has 0 aliphatic heterocycles. The number of benzene rings is 1. The standard InChI is InChI=1S/C16H21NO4S/c1-3-5-13-21-16(18)11-8-14-6-9-15(10-7-14)22(19,20)17-12-4-2/h3,5-11,17H,4,12-13H2,1-2H3/b5-3+,11-8+. The molecule has 0 spiro atoms. The first-order valence-corrected chi connectivity index (χ1v) is 8.53. The Labute approximate surface area is 131 Å². The molecule has 0 heterocycles. The Morgan fingerprint density at radius 2 is 1.95 bits per heavy atom. The zero-order valence-electron chi connectivity index (χ0n) is 12.8. The zero-order valence-corrected chi connectivity index (χ0v) is 13.6. The van der Waals surface area contributed by atoms with E-state index < -0.39 is 16.0 Å². The van der Waals surface area contributed by atoms with Gasteiger partial charge in [0.1, 0.15) is 6.61 Å². The summed E-state index contributed by atoms with van der Waals surface area (Å²) in [5.41, 5.74) is 0.720. The van der Waals surface area contributed by atoms with Gasteiger partial charge in [0.05, 0.1) is 4.90 Å². The third kappa shape index (κ3) is 6.24. The summed E-state index contributed by atoms with van der Waals surface area (Å²) >= 11 is 0. The number of allylic oxidation sites excluding steroid dienone is 1. The summed E-state index contributed by atoms with van der Waals surface area (Å²) in [6.07, 6.45) is 7.14. The number of carbonyl (C=O) groups excluding carboxylic acids is 1. The van der Waals surface area contributed by atoms with E-state index >= 15 is 0 Å². The Balaban J connectivity index is 2.67. The molecular weight excluding hydrogens is 302 g/mol. The van der Waals surface area contributed by atoms with E-state index in [0.717, 1.165) is 12.0 Å². The summed E-state index contributed by atoms with van der Waals surface area (Å²) in [6.45, 7) is 4.38. The highest BCUT2D eigenvalue weighted by Crippen LogP contribution is 2.11. The molecule has 0 aliphatic rings. The number of carbonyl (C=O) groups is 1. The fraction of sp³-hybridized carbons (Fsp3) is 0.312. The van der Waals surface area contributed by atoms with E-state index in [1.165, 1.54) is 18.2 Å². The molecule has 0 unspecified atom stereocenters. The molecule has 5 nitrogen and oxygen atoms in total. The van der Waals surface area contributed by atoms with E-state index in [0.29, 0.717) is 6.54 Å². The van der Waals surface area contributed by atoms with E-state index in [2.05, 4.69) is 4.72 Å². The van der Waals surface area contributed by atoms with Crippen LogP contribution in [0.1, 0.15) is 25.8 Å². The lowest BCUT2D eigenvalue weighted by molar-refractivity contribution is -0.136. The maximum Gasteiger partial charge on any atom is 0.331 e. The van der Waals surface area contributed by atoms with Crippen molar-refractivity contribution in [1.82, 2.24) is 4.72 Å². The predicted molar refractivity (Wildman–Crippen MR) is 86.7 cm³/mol. The van der Waals surface area contributed by atoms with Gasteiger partial charge in [-0.1, -0.05) is 31.2 Å². The molecule has 0 radical (unpaired) electrons. The van der Waals surface area contributed by atoms with Gasteiger partial charge in [-0.3, -0.25) is 0 Å². The van der Waals surface area contributed by atoms with Gasteiger partial charge in [0.25, 0.3) is 0 Å². The molecule has 0 atom stereocenters. The largest absolute Gasteiger partial charge is 0.458 e. The van der Waals surface area contributed by atoms with E-state index in [4.69, 9.17) is 4.74 Å². The first-order valence-electron chi connectivity index (χ1n) is 7.05. The normalized spacial score (nSPS) is 12.1. The summed E-state index contributed by atoms with van der Waals surface area (Å²) in [7, 11) is -3.46. The maximum absolute atomic E-state index is 11.9. The molecule has 0 bridgehead atoms. The van der Waals surface area contributed by atoms with Crippen molar-refractivity contribution in [3.63, 3.8) is 0 Å². The molecule has 1 aromatic rings. The van der Waals surface area contributed by atoms with Crippen LogP contribution in [0.25, 0.3) is 6.08 Å². The van der Waals surface area contributed by atoms with Crippen LogP contribution >= 0.6 is 0 Å². The van der Waals surface area contributed by atoms with Crippen LogP contribution in [0, 0.1) is 0 Å².